The normalized spacial score (nSPS) is 11.9. The molecule has 0 spiro atoms. The number of benzene rings is 1. The van der Waals surface area contributed by atoms with Gasteiger partial charge in [0.2, 0.25) is 0 Å². The summed E-state index contributed by atoms with van der Waals surface area (Å²) in [6.45, 7) is 11.6. The third kappa shape index (κ3) is 2.87. The summed E-state index contributed by atoms with van der Waals surface area (Å²) in [7, 11) is 0. The van der Waals surface area contributed by atoms with Crippen molar-refractivity contribution in [2.75, 3.05) is 0 Å². The smallest absolute Gasteiger partial charge is 0.168 e. The Hall–Kier alpha value is -1.31. The molecule has 1 aromatic rings. The fourth-order valence-electron chi connectivity index (χ4n) is 1.79. The van der Waals surface area contributed by atoms with E-state index in [9.17, 15) is 9.90 Å². The fraction of sp³-hybridized carbons (Fsp3) is 0.533. The van der Waals surface area contributed by atoms with Crippen LogP contribution in [0.3, 0.4) is 0 Å². The fourth-order valence-corrected chi connectivity index (χ4v) is 1.79. The first kappa shape index (κ1) is 13.8. The molecule has 1 N–H and O–H groups in total. The third-order valence-electron chi connectivity index (χ3n) is 2.92. The number of phenolic OH excluding ortho intramolecular Hbond substituents is 1. The SMILES string of the molecule is Cc1cc(C(=O)C(C)(C)C)c(C(C)C)cc1O. The molecule has 1 aromatic carbocycles. The van der Waals surface area contributed by atoms with Gasteiger partial charge in [-0.05, 0) is 36.1 Å². The lowest BCUT2D eigenvalue weighted by Gasteiger charge is -2.21. The van der Waals surface area contributed by atoms with Gasteiger partial charge in [-0.3, -0.25) is 4.79 Å². The molecule has 0 radical (unpaired) electrons. The molecule has 0 unspecified atom stereocenters. The van der Waals surface area contributed by atoms with Crippen LogP contribution in [0.5, 0.6) is 5.75 Å². The predicted molar refractivity (Wildman–Crippen MR) is 70.7 cm³/mol. The van der Waals surface area contributed by atoms with Crippen molar-refractivity contribution < 1.29 is 9.90 Å². The Kier molecular flexibility index (Phi) is 3.65. The maximum Gasteiger partial charge on any atom is 0.168 e. The summed E-state index contributed by atoms with van der Waals surface area (Å²) in [5.74, 6) is 0.617. The molecule has 0 saturated carbocycles. The van der Waals surface area contributed by atoms with E-state index >= 15 is 0 Å². The van der Waals surface area contributed by atoms with Crippen LogP contribution in [-0.2, 0) is 0 Å². The molecular weight excluding hydrogens is 212 g/mol. The Morgan fingerprint density at radius 1 is 1.24 bits per heavy atom. The van der Waals surface area contributed by atoms with Crippen LogP contribution in [0.2, 0.25) is 0 Å². The molecule has 0 aliphatic carbocycles. The highest BCUT2D eigenvalue weighted by Crippen LogP contribution is 2.31. The number of hydrogen-bond donors (Lipinski definition) is 1. The third-order valence-corrected chi connectivity index (χ3v) is 2.92. The molecule has 0 fully saturated rings. The van der Waals surface area contributed by atoms with Crippen molar-refractivity contribution in [2.24, 2.45) is 5.41 Å². The molecule has 0 aromatic heterocycles. The van der Waals surface area contributed by atoms with E-state index in [0.29, 0.717) is 0 Å². The van der Waals surface area contributed by atoms with Gasteiger partial charge in [-0.1, -0.05) is 34.6 Å². The Labute approximate surface area is 104 Å². The van der Waals surface area contributed by atoms with E-state index in [1.54, 1.807) is 12.1 Å². The number of aryl methyl sites for hydroxylation is 1. The zero-order valence-corrected chi connectivity index (χ0v) is 11.6. The summed E-state index contributed by atoms with van der Waals surface area (Å²) in [6, 6.07) is 3.53. The largest absolute Gasteiger partial charge is 0.508 e. The van der Waals surface area contributed by atoms with Crippen LogP contribution < -0.4 is 0 Å². The van der Waals surface area contributed by atoms with Crippen molar-refractivity contribution in [1.82, 2.24) is 0 Å². The average Bonchev–Trinajstić information content (AvgIpc) is 2.18. The maximum atomic E-state index is 12.4. The number of hydrogen-bond acceptors (Lipinski definition) is 2. The molecule has 2 heteroatoms. The molecule has 94 valence electrons. The number of Topliss-reactive ketones (excluding diaryl/α,β-unsaturated/α-hetero) is 1. The maximum absolute atomic E-state index is 12.4. The monoisotopic (exact) mass is 234 g/mol. The second kappa shape index (κ2) is 4.52. The van der Waals surface area contributed by atoms with E-state index in [0.717, 1.165) is 16.7 Å². The highest BCUT2D eigenvalue weighted by atomic mass is 16.3. The van der Waals surface area contributed by atoms with E-state index in [-0.39, 0.29) is 17.5 Å². The summed E-state index contributed by atoms with van der Waals surface area (Å²) < 4.78 is 0. The molecule has 0 aliphatic heterocycles. The summed E-state index contributed by atoms with van der Waals surface area (Å²) in [5, 5.41) is 9.75. The van der Waals surface area contributed by atoms with Crippen molar-refractivity contribution in [3.8, 4) is 5.75 Å². The van der Waals surface area contributed by atoms with Gasteiger partial charge in [0.1, 0.15) is 5.75 Å². The van der Waals surface area contributed by atoms with E-state index in [1.165, 1.54) is 0 Å². The molecule has 0 saturated heterocycles. The summed E-state index contributed by atoms with van der Waals surface area (Å²) in [5.41, 5.74) is 2.02. The van der Waals surface area contributed by atoms with Gasteiger partial charge in [0, 0.05) is 11.0 Å². The molecule has 0 bridgehead atoms. The number of carbonyl (C=O) groups is 1. The van der Waals surface area contributed by atoms with Gasteiger partial charge >= 0.3 is 0 Å². The molecular formula is C15H22O2. The van der Waals surface area contributed by atoms with Gasteiger partial charge in [-0.2, -0.15) is 0 Å². The van der Waals surface area contributed by atoms with Gasteiger partial charge in [0.15, 0.2) is 5.78 Å². The number of carbonyl (C=O) groups excluding carboxylic acids is 1. The van der Waals surface area contributed by atoms with E-state index in [2.05, 4.69) is 0 Å². The van der Waals surface area contributed by atoms with Crippen LogP contribution in [0, 0.1) is 12.3 Å². The second-order valence-electron chi connectivity index (χ2n) is 5.96. The van der Waals surface area contributed by atoms with Crippen molar-refractivity contribution in [3.63, 3.8) is 0 Å². The first-order valence-electron chi connectivity index (χ1n) is 6.03. The Morgan fingerprint density at radius 2 is 1.76 bits per heavy atom. The number of rotatable bonds is 2. The van der Waals surface area contributed by atoms with Crippen molar-refractivity contribution in [1.29, 1.82) is 0 Å². The molecule has 0 amide bonds. The first-order valence-corrected chi connectivity index (χ1v) is 6.03. The first-order chi connectivity index (χ1) is 7.64. The molecule has 1 rings (SSSR count). The van der Waals surface area contributed by atoms with Crippen LogP contribution in [0.25, 0.3) is 0 Å². The van der Waals surface area contributed by atoms with Gasteiger partial charge in [-0.15, -0.1) is 0 Å². The predicted octanol–water partition coefficient (Wildman–Crippen LogP) is 4.05. The average molecular weight is 234 g/mol. The van der Waals surface area contributed by atoms with E-state index in [1.807, 2.05) is 41.5 Å². The standard InChI is InChI=1S/C15H22O2/c1-9(2)11-8-13(16)10(3)7-12(11)14(17)15(4,5)6/h7-9,16H,1-6H3. The Bertz CT molecular complexity index is 437. The lowest BCUT2D eigenvalue weighted by molar-refractivity contribution is 0.0857. The summed E-state index contributed by atoms with van der Waals surface area (Å²) in [4.78, 5) is 12.4. The number of aromatic hydroxyl groups is 1. The lowest BCUT2D eigenvalue weighted by atomic mass is 9.82. The second-order valence-corrected chi connectivity index (χ2v) is 5.96. The quantitative estimate of drug-likeness (QED) is 0.784. The van der Waals surface area contributed by atoms with Crippen LogP contribution in [0.1, 0.15) is 62.0 Å². The summed E-state index contributed by atoms with van der Waals surface area (Å²) >= 11 is 0. The molecule has 0 atom stereocenters. The van der Waals surface area contributed by atoms with Crippen molar-refractivity contribution >= 4 is 5.78 Å². The van der Waals surface area contributed by atoms with Gasteiger partial charge < -0.3 is 5.11 Å². The number of ketones is 1. The summed E-state index contributed by atoms with van der Waals surface area (Å²) in [6.07, 6.45) is 0. The van der Waals surface area contributed by atoms with Crippen LogP contribution in [0.15, 0.2) is 12.1 Å². The Balaban J connectivity index is 3.41. The highest BCUT2D eigenvalue weighted by molar-refractivity contribution is 6.01. The van der Waals surface area contributed by atoms with E-state index < -0.39 is 5.41 Å². The van der Waals surface area contributed by atoms with Gasteiger partial charge in [0.05, 0.1) is 0 Å². The van der Waals surface area contributed by atoms with Crippen LogP contribution >= 0.6 is 0 Å². The zero-order valence-electron chi connectivity index (χ0n) is 11.6. The highest BCUT2D eigenvalue weighted by Gasteiger charge is 2.26. The minimum absolute atomic E-state index is 0.129. The number of phenols is 1. The molecule has 2 nitrogen and oxygen atoms in total. The topological polar surface area (TPSA) is 37.3 Å². The van der Waals surface area contributed by atoms with Crippen molar-refractivity contribution in [3.05, 3.63) is 28.8 Å². The lowest BCUT2D eigenvalue weighted by Crippen LogP contribution is -2.22. The molecule has 17 heavy (non-hydrogen) atoms. The minimum Gasteiger partial charge on any atom is -0.508 e. The van der Waals surface area contributed by atoms with E-state index in [4.69, 9.17) is 0 Å². The van der Waals surface area contributed by atoms with Gasteiger partial charge in [-0.25, -0.2) is 0 Å². The zero-order chi connectivity index (χ0) is 13.4. The van der Waals surface area contributed by atoms with Gasteiger partial charge in [0.25, 0.3) is 0 Å². The molecule has 0 aliphatic rings. The van der Waals surface area contributed by atoms with Crippen molar-refractivity contribution in [2.45, 2.75) is 47.5 Å². The Morgan fingerprint density at radius 3 is 2.18 bits per heavy atom. The minimum atomic E-state index is -0.396. The van der Waals surface area contributed by atoms with Crippen LogP contribution in [-0.4, -0.2) is 10.9 Å². The molecule has 0 heterocycles. The van der Waals surface area contributed by atoms with Crippen LogP contribution in [0.4, 0.5) is 0 Å².